The Balaban J connectivity index is 1.76. The van der Waals surface area contributed by atoms with Gasteiger partial charge in [0.15, 0.2) is 11.5 Å². The third-order valence-electron chi connectivity index (χ3n) is 4.62. The predicted molar refractivity (Wildman–Crippen MR) is 120 cm³/mol. The zero-order valence-corrected chi connectivity index (χ0v) is 18.8. The molecule has 1 heterocycles. The molecule has 0 saturated carbocycles. The highest BCUT2D eigenvalue weighted by Crippen LogP contribution is 2.38. The summed E-state index contributed by atoms with van der Waals surface area (Å²) in [6.07, 6.45) is 0.575. The Kier molecular flexibility index (Phi) is 6.99. The number of carbonyl (C=O) groups is 1. The molecule has 3 aromatic rings. The maximum atomic E-state index is 12.7. The second-order valence-corrected chi connectivity index (χ2v) is 7.66. The number of hydrogen-bond acceptors (Lipinski definition) is 5. The zero-order chi connectivity index (χ0) is 21.7. The smallest absolute Gasteiger partial charge is 0.251 e. The molecule has 0 spiro atoms. The first-order valence-corrected chi connectivity index (χ1v) is 10.1. The summed E-state index contributed by atoms with van der Waals surface area (Å²) in [5, 5.41) is 2.93. The van der Waals surface area contributed by atoms with Gasteiger partial charge in [0.05, 0.1) is 38.9 Å². The molecule has 0 radical (unpaired) electrons. The monoisotopic (exact) mass is 473 g/mol. The minimum absolute atomic E-state index is 0.234. The van der Waals surface area contributed by atoms with Crippen LogP contribution in [0.25, 0.3) is 11.0 Å². The van der Waals surface area contributed by atoms with E-state index in [9.17, 15) is 4.79 Å². The summed E-state index contributed by atoms with van der Waals surface area (Å²) in [5.41, 5.74) is 2.37. The lowest BCUT2D eigenvalue weighted by Crippen LogP contribution is -2.26. The van der Waals surface area contributed by atoms with Crippen LogP contribution in [0.15, 0.2) is 47.5 Å². The van der Waals surface area contributed by atoms with Crippen molar-refractivity contribution in [1.29, 1.82) is 0 Å². The molecule has 8 heteroatoms. The topological polar surface area (TPSA) is 74.6 Å². The van der Waals surface area contributed by atoms with Crippen LogP contribution in [0, 0.1) is 0 Å². The van der Waals surface area contributed by atoms with E-state index in [4.69, 9.17) is 19.2 Å². The normalized spacial score (nSPS) is 10.7. The van der Waals surface area contributed by atoms with Gasteiger partial charge in [-0.25, -0.2) is 4.98 Å². The molecule has 158 valence electrons. The third kappa shape index (κ3) is 4.59. The molecule has 0 aliphatic heterocycles. The molecule has 0 aliphatic carbocycles. The van der Waals surface area contributed by atoms with E-state index >= 15 is 0 Å². The fourth-order valence-corrected chi connectivity index (χ4v) is 3.52. The van der Waals surface area contributed by atoms with Crippen molar-refractivity contribution >= 4 is 32.9 Å². The molecule has 2 aromatic carbocycles. The number of amides is 1. The first kappa shape index (κ1) is 21.7. The van der Waals surface area contributed by atoms with Crippen molar-refractivity contribution in [2.45, 2.75) is 13.0 Å². The molecule has 0 atom stereocenters. The third-order valence-corrected chi connectivity index (χ3v) is 4.88. The van der Waals surface area contributed by atoms with Crippen LogP contribution in [0.4, 0.5) is 0 Å². The number of benzene rings is 2. The number of allylic oxidation sites excluding steroid dienone is 1. The highest BCUT2D eigenvalue weighted by molar-refractivity contribution is 9.11. The molecular formula is C22H24BrN3O4. The number of fused-ring (bicyclic) bond motifs is 1. The van der Waals surface area contributed by atoms with Gasteiger partial charge in [-0.05, 0) is 24.3 Å². The number of nitrogens with zero attached hydrogens (tertiary/aromatic N) is 2. The first-order valence-electron chi connectivity index (χ1n) is 9.34. The highest BCUT2D eigenvalue weighted by atomic mass is 79.9. The van der Waals surface area contributed by atoms with E-state index < -0.39 is 0 Å². The van der Waals surface area contributed by atoms with Crippen LogP contribution in [-0.4, -0.2) is 43.3 Å². The van der Waals surface area contributed by atoms with Gasteiger partial charge in [0.2, 0.25) is 5.75 Å². The lowest BCUT2D eigenvalue weighted by atomic mass is 10.1. The Morgan fingerprint density at radius 1 is 1.13 bits per heavy atom. The molecular weight excluding hydrogens is 450 g/mol. The van der Waals surface area contributed by atoms with Gasteiger partial charge in [-0.1, -0.05) is 34.6 Å². The number of aromatic nitrogens is 2. The Hall–Kier alpha value is -3.00. The van der Waals surface area contributed by atoms with Crippen molar-refractivity contribution in [3.63, 3.8) is 0 Å². The maximum Gasteiger partial charge on any atom is 0.251 e. The molecule has 0 fully saturated rings. The van der Waals surface area contributed by atoms with Gasteiger partial charge in [-0.2, -0.15) is 0 Å². The van der Waals surface area contributed by atoms with Crippen LogP contribution in [0.1, 0.15) is 16.2 Å². The number of para-hydroxylation sites is 2. The summed E-state index contributed by atoms with van der Waals surface area (Å²) in [4.78, 5) is 17.4. The molecule has 0 aliphatic rings. The van der Waals surface area contributed by atoms with Gasteiger partial charge < -0.3 is 24.1 Å². The van der Waals surface area contributed by atoms with Crippen LogP contribution in [0.5, 0.6) is 17.2 Å². The van der Waals surface area contributed by atoms with Crippen molar-refractivity contribution in [3.8, 4) is 17.2 Å². The number of methoxy groups -OCH3 is 3. The predicted octanol–water partition coefficient (Wildman–Crippen LogP) is 3.94. The van der Waals surface area contributed by atoms with Gasteiger partial charge in [-0.3, -0.25) is 4.79 Å². The SMILES string of the molecule is C=C(Br)Cn1c(CCNC(=O)c2cc(OC)c(OC)c(OC)c2)nc2ccccc21. The number of hydrogen-bond donors (Lipinski definition) is 1. The quantitative estimate of drug-likeness (QED) is 0.509. The van der Waals surface area contributed by atoms with Crippen LogP contribution in [0.3, 0.4) is 0 Å². The molecule has 0 bridgehead atoms. The lowest BCUT2D eigenvalue weighted by Gasteiger charge is -2.14. The van der Waals surface area contributed by atoms with E-state index in [-0.39, 0.29) is 5.91 Å². The van der Waals surface area contributed by atoms with E-state index in [1.54, 1.807) is 12.1 Å². The summed E-state index contributed by atoms with van der Waals surface area (Å²) in [5.74, 6) is 1.95. The molecule has 7 nitrogen and oxygen atoms in total. The minimum atomic E-state index is -0.234. The summed E-state index contributed by atoms with van der Waals surface area (Å²) in [7, 11) is 4.55. The summed E-state index contributed by atoms with van der Waals surface area (Å²) < 4.78 is 18.9. The van der Waals surface area contributed by atoms with Gasteiger partial charge >= 0.3 is 0 Å². The van der Waals surface area contributed by atoms with E-state index in [1.165, 1.54) is 21.3 Å². The van der Waals surface area contributed by atoms with Crippen molar-refractivity contribution in [1.82, 2.24) is 14.9 Å². The second-order valence-electron chi connectivity index (χ2n) is 6.54. The average molecular weight is 474 g/mol. The van der Waals surface area contributed by atoms with E-state index in [0.717, 1.165) is 21.3 Å². The van der Waals surface area contributed by atoms with Crippen molar-refractivity contribution in [2.24, 2.45) is 0 Å². The second kappa shape index (κ2) is 9.67. The fourth-order valence-electron chi connectivity index (χ4n) is 3.27. The standard InChI is InChI=1S/C22H24BrN3O4/c1-14(23)13-26-17-8-6-5-7-16(17)25-20(26)9-10-24-22(27)15-11-18(28-2)21(30-4)19(12-15)29-3/h5-8,11-12H,1,9-10,13H2,2-4H3,(H,24,27). The highest BCUT2D eigenvalue weighted by Gasteiger charge is 2.17. The molecule has 1 aromatic heterocycles. The van der Waals surface area contributed by atoms with Crippen molar-refractivity contribution in [3.05, 3.63) is 58.8 Å². The molecule has 30 heavy (non-hydrogen) atoms. The fraction of sp³-hybridized carbons (Fsp3) is 0.273. The van der Waals surface area contributed by atoms with Gasteiger partial charge in [0.25, 0.3) is 5.91 Å². The molecule has 1 N–H and O–H groups in total. The summed E-state index contributed by atoms with van der Waals surface area (Å²) in [6.45, 7) is 4.97. The number of nitrogens with one attached hydrogen (secondary N) is 1. The number of ether oxygens (including phenoxy) is 3. The van der Waals surface area contributed by atoms with Gasteiger partial charge in [0.1, 0.15) is 5.82 Å². The van der Waals surface area contributed by atoms with E-state index in [1.807, 2.05) is 24.3 Å². The Bertz CT molecular complexity index is 1050. The molecule has 3 rings (SSSR count). The molecule has 0 saturated heterocycles. The van der Waals surface area contributed by atoms with E-state index in [2.05, 4.69) is 32.4 Å². The number of halogens is 1. The molecule has 1 amide bonds. The zero-order valence-electron chi connectivity index (χ0n) is 17.2. The van der Waals surface area contributed by atoms with Crippen LogP contribution >= 0.6 is 15.9 Å². The Morgan fingerprint density at radius 3 is 2.40 bits per heavy atom. The Morgan fingerprint density at radius 2 is 1.80 bits per heavy atom. The summed E-state index contributed by atoms with van der Waals surface area (Å²) in [6, 6.07) is 11.2. The van der Waals surface area contributed by atoms with Crippen molar-refractivity contribution in [2.75, 3.05) is 27.9 Å². The van der Waals surface area contributed by atoms with Gasteiger partial charge in [-0.15, -0.1) is 0 Å². The minimum Gasteiger partial charge on any atom is -0.493 e. The average Bonchev–Trinajstić information content (AvgIpc) is 3.09. The Labute approximate surface area is 183 Å². The maximum absolute atomic E-state index is 12.7. The van der Waals surface area contributed by atoms with E-state index in [0.29, 0.717) is 42.3 Å². The summed E-state index contributed by atoms with van der Waals surface area (Å²) >= 11 is 3.43. The largest absolute Gasteiger partial charge is 0.493 e. The first-order chi connectivity index (χ1) is 14.5. The van der Waals surface area contributed by atoms with Crippen molar-refractivity contribution < 1.29 is 19.0 Å². The number of carbonyl (C=O) groups excluding carboxylic acids is 1. The van der Waals surface area contributed by atoms with Crippen LogP contribution in [-0.2, 0) is 13.0 Å². The van der Waals surface area contributed by atoms with Gasteiger partial charge in [0, 0.05) is 23.0 Å². The van der Waals surface area contributed by atoms with Crippen LogP contribution < -0.4 is 19.5 Å². The lowest BCUT2D eigenvalue weighted by molar-refractivity contribution is 0.0953. The van der Waals surface area contributed by atoms with Crippen LogP contribution in [0.2, 0.25) is 0 Å². The number of rotatable bonds is 9. The number of imidazole rings is 1. The molecule has 0 unspecified atom stereocenters.